The van der Waals surface area contributed by atoms with Crippen molar-refractivity contribution in [1.82, 2.24) is 9.88 Å². The highest BCUT2D eigenvalue weighted by molar-refractivity contribution is 5.86. The summed E-state index contributed by atoms with van der Waals surface area (Å²) in [4.78, 5) is 22.1. The Bertz CT molecular complexity index is 642. The standard InChI is InChI=1S/C20H29N3O3/c24-13-15-2-7-18(21-12-15)22-10-1-8-20(14-22)9-11-23(19(20)26)16-3-5-17(25)6-4-16/h2,7,12,16-17,24-25H,1,3-6,8-11,13-14H2. The first-order chi connectivity index (χ1) is 12.6. The van der Waals surface area contributed by atoms with Crippen LogP contribution in [-0.4, -0.2) is 57.8 Å². The number of piperidine rings is 1. The average Bonchev–Trinajstić information content (AvgIpc) is 2.98. The molecule has 2 N–H and O–H groups in total. The predicted octanol–water partition coefficient (Wildman–Crippen LogP) is 1.70. The zero-order valence-corrected chi connectivity index (χ0v) is 15.3. The van der Waals surface area contributed by atoms with E-state index in [4.69, 9.17) is 0 Å². The minimum atomic E-state index is -0.272. The molecule has 6 heteroatoms. The van der Waals surface area contributed by atoms with E-state index >= 15 is 0 Å². The predicted molar refractivity (Wildman–Crippen MR) is 98.6 cm³/mol. The van der Waals surface area contributed by atoms with Gasteiger partial charge in [-0.2, -0.15) is 0 Å². The third-order valence-corrected chi connectivity index (χ3v) is 6.55. The van der Waals surface area contributed by atoms with E-state index < -0.39 is 0 Å². The van der Waals surface area contributed by atoms with Crippen molar-refractivity contribution in [1.29, 1.82) is 0 Å². The second-order valence-corrected chi connectivity index (χ2v) is 8.20. The van der Waals surface area contributed by atoms with Crippen molar-refractivity contribution in [3.8, 4) is 0 Å². The van der Waals surface area contributed by atoms with Gasteiger partial charge in [-0.1, -0.05) is 6.07 Å². The molecule has 2 aliphatic heterocycles. The number of pyridine rings is 1. The summed E-state index contributed by atoms with van der Waals surface area (Å²) < 4.78 is 0. The van der Waals surface area contributed by atoms with E-state index in [-0.39, 0.29) is 18.1 Å². The molecule has 0 aromatic carbocycles. The van der Waals surface area contributed by atoms with Gasteiger partial charge in [0.15, 0.2) is 0 Å². The SMILES string of the molecule is O=C1N(C2CCC(O)CC2)CCC12CCCN(c1ccc(CO)cn1)C2. The van der Waals surface area contributed by atoms with E-state index in [1.807, 2.05) is 12.1 Å². The third-order valence-electron chi connectivity index (χ3n) is 6.55. The lowest BCUT2D eigenvalue weighted by Gasteiger charge is -2.41. The van der Waals surface area contributed by atoms with Crippen molar-refractivity contribution in [2.45, 2.75) is 63.7 Å². The number of aromatic nitrogens is 1. The second-order valence-electron chi connectivity index (χ2n) is 8.20. The lowest BCUT2D eigenvalue weighted by molar-refractivity contribution is -0.139. The molecule has 3 heterocycles. The van der Waals surface area contributed by atoms with E-state index in [1.54, 1.807) is 6.20 Å². The lowest BCUT2D eigenvalue weighted by atomic mass is 9.78. The molecule has 1 aliphatic carbocycles. The van der Waals surface area contributed by atoms with Crippen molar-refractivity contribution in [2.75, 3.05) is 24.5 Å². The summed E-state index contributed by atoms with van der Waals surface area (Å²) in [5, 5.41) is 18.9. The Morgan fingerprint density at radius 2 is 1.96 bits per heavy atom. The Kier molecular flexibility index (Phi) is 4.88. The fraction of sp³-hybridized carbons (Fsp3) is 0.700. The van der Waals surface area contributed by atoms with E-state index in [0.717, 1.165) is 76.0 Å². The van der Waals surface area contributed by atoms with E-state index in [0.29, 0.717) is 11.9 Å². The largest absolute Gasteiger partial charge is 0.393 e. The zero-order valence-electron chi connectivity index (χ0n) is 15.3. The van der Waals surface area contributed by atoms with Gasteiger partial charge in [0, 0.05) is 31.9 Å². The molecule has 1 spiro atoms. The number of anilines is 1. The van der Waals surface area contributed by atoms with Gasteiger partial charge >= 0.3 is 0 Å². The number of carbonyl (C=O) groups excluding carboxylic acids is 1. The molecule has 1 saturated carbocycles. The number of hydrogen-bond donors (Lipinski definition) is 2. The van der Waals surface area contributed by atoms with Gasteiger partial charge in [-0.25, -0.2) is 4.98 Å². The van der Waals surface area contributed by atoms with Crippen LogP contribution >= 0.6 is 0 Å². The highest BCUT2D eigenvalue weighted by Gasteiger charge is 2.50. The summed E-state index contributed by atoms with van der Waals surface area (Å²) in [5.41, 5.74) is 0.536. The van der Waals surface area contributed by atoms with Crippen molar-refractivity contribution in [3.63, 3.8) is 0 Å². The first-order valence-corrected chi connectivity index (χ1v) is 9.91. The normalized spacial score (nSPS) is 32.5. The molecule has 3 fully saturated rings. The van der Waals surface area contributed by atoms with Gasteiger partial charge in [-0.3, -0.25) is 4.79 Å². The monoisotopic (exact) mass is 359 g/mol. The summed E-state index contributed by atoms with van der Waals surface area (Å²) in [6.45, 7) is 2.52. The fourth-order valence-corrected chi connectivity index (χ4v) is 4.97. The second kappa shape index (κ2) is 7.16. The number of carbonyl (C=O) groups is 1. The molecule has 0 bridgehead atoms. The van der Waals surface area contributed by atoms with Crippen LogP contribution in [0.3, 0.4) is 0 Å². The molecule has 26 heavy (non-hydrogen) atoms. The van der Waals surface area contributed by atoms with Crippen LogP contribution in [0.25, 0.3) is 0 Å². The Morgan fingerprint density at radius 1 is 1.15 bits per heavy atom. The Morgan fingerprint density at radius 3 is 2.65 bits per heavy atom. The summed E-state index contributed by atoms with van der Waals surface area (Å²) >= 11 is 0. The number of aliphatic hydroxyl groups is 2. The molecule has 3 aliphatic rings. The number of rotatable bonds is 3. The maximum Gasteiger partial charge on any atom is 0.230 e. The first-order valence-electron chi connectivity index (χ1n) is 9.91. The number of likely N-dealkylation sites (tertiary alicyclic amines) is 1. The lowest BCUT2D eigenvalue weighted by Crippen LogP contribution is -2.50. The van der Waals surface area contributed by atoms with Crippen LogP contribution in [-0.2, 0) is 11.4 Å². The van der Waals surface area contributed by atoms with Crippen molar-refractivity contribution < 1.29 is 15.0 Å². The highest BCUT2D eigenvalue weighted by Crippen LogP contribution is 2.43. The molecule has 1 unspecified atom stereocenters. The van der Waals surface area contributed by atoms with E-state index in [1.165, 1.54) is 0 Å². The van der Waals surface area contributed by atoms with Crippen molar-refractivity contribution in [3.05, 3.63) is 23.9 Å². The minimum Gasteiger partial charge on any atom is -0.393 e. The summed E-state index contributed by atoms with van der Waals surface area (Å²) in [6, 6.07) is 4.16. The molecule has 4 rings (SSSR count). The topological polar surface area (TPSA) is 76.9 Å². The van der Waals surface area contributed by atoms with Crippen LogP contribution in [0.5, 0.6) is 0 Å². The highest BCUT2D eigenvalue weighted by atomic mass is 16.3. The van der Waals surface area contributed by atoms with E-state index in [9.17, 15) is 15.0 Å². The molecular weight excluding hydrogens is 330 g/mol. The summed E-state index contributed by atoms with van der Waals surface area (Å²) in [5.74, 6) is 1.21. The van der Waals surface area contributed by atoms with E-state index in [2.05, 4.69) is 14.8 Å². The quantitative estimate of drug-likeness (QED) is 0.859. The van der Waals surface area contributed by atoms with Gasteiger partial charge < -0.3 is 20.0 Å². The molecule has 142 valence electrons. The first kappa shape index (κ1) is 17.7. The maximum absolute atomic E-state index is 13.3. The molecule has 1 atom stereocenters. The minimum absolute atomic E-state index is 0.000743. The van der Waals surface area contributed by atoms with Gasteiger partial charge in [0.1, 0.15) is 5.82 Å². The molecule has 1 aromatic rings. The number of hydrogen-bond acceptors (Lipinski definition) is 5. The Balaban J connectivity index is 1.46. The summed E-state index contributed by atoms with van der Waals surface area (Å²) in [7, 11) is 0. The molecular formula is C20H29N3O3. The third kappa shape index (κ3) is 3.21. The molecule has 2 saturated heterocycles. The van der Waals surface area contributed by atoms with Gasteiger partial charge in [0.2, 0.25) is 5.91 Å². The van der Waals surface area contributed by atoms with Gasteiger partial charge in [0.25, 0.3) is 0 Å². The molecule has 6 nitrogen and oxygen atoms in total. The fourth-order valence-electron chi connectivity index (χ4n) is 4.97. The molecule has 1 aromatic heterocycles. The van der Waals surface area contributed by atoms with Crippen LogP contribution in [0.2, 0.25) is 0 Å². The summed E-state index contributed by atoms with van der Waals surface area (Å²) in [6.07, 6.45) is 7.91. The Hall–Kier alpha value is -1.66. The average molecular weight is 359 g/mol. The van der Waals surface area contributed by atoms with Crippen molar-refractivity contribution >= 4 is 11.7 Å². The zero-order chi connectivity index (χ0) is 18.1. The van der Waals surface area contributed by atoms with Gasteiger partial charge in [-0.05, 0) is 56.6 Å². The number of nitrogens with zero attached hydrogens (tertiary/aromatic N) is 3. The Labute approximate surface area is 154 Å². The van der Waals surface area contributed by atoms with Gasteiger partial charge in [-0.15, -0.1) is 0 Å². The maximum atomic E-state index is 13.3. The van der Waals surface area contributed by atoms with Crippen LogP contribution < -0.4 is 4.90 Å². The number of amides is 1. The number of aliphatic hydroxyl groups excluding tert-OH is 2. The van der Waals surface area contributed by atoms with Crippen LogP contribution in [0.15, 0.2) is 18.3 Å². The molecule has 0 radical (unpaired) electrons. The molecule has 1 amide bonds. The van der Waals surface area contributed by atoms with Crippen LogP contribution in [0.4, 0.5) is 5.82 Å². The van der Waals surface area contributed by atoms with Crippen LogP contribution in [0, 0.1) is 5.41 Å². The van der Waals surface area contributed by atoms with Crippen LogP contribution in [0.1, 0.15) is 50.5 Å². The van der Waals surface area contributed by atoms with Crippen molar-refractivity contribution in [2.24, 2.45) is 5.41 Å². The smallest absolute Gasteiger partial charge is 0.230 e. The van der Waals surface area contributed by atoms with Gasteiger partial charge in [0.05, 0.1) is 18.1 Å².